The van der Waals surface area contributed by atoms with Crippen molar-refractivity contribution in [2.45, 2.75) is 6.42 Å². The number of aromatic nitrogens is 1. The van der Waals surface area contributed by atoms with Crippen LogP contribution in [0.25, 0.3) is 0 Å². The summed E-state index contributed by atoms with van der Waals surface area (Å²) >= 11 is 0. The number of hydrogen-bond donors (Lipinski definition) is 1. The van der Waals surface area contributed by atoms with Gasteiger partial charge in [0.2, 0.25) is 6.20 Å². The zero-order chi connectivity index (χ0) is 16.2. The summed E-state index contributed by atoms with van der Waals surface area (Å²) in [5, 5.41) is 6.66. The summed E-state index contributed by atoms with van der Waals surface area (Å²) in [5.74, 6) is -0.0545. The van der Waals surface area contributed by atoms with Gasteiger partial charge in [-0.2, -0.15) is 0 Å². The number of azo groups is 2. The van der Waals surface area contributed by atoms with E-state index in [-0.39, 0.29) is 11.7 Å². The molecule has 2 aromatic rings. The lowest BCUT2D eigenvalue weighted by atomic mass is 10.1. The average Bonchev–Trinajstić information content (AvgIpc) is 2.96. The van der Waals surface area contributed by atoms with E-state index in [1.807, 2.05) is 12.1 Å². The highest BCUT2D eigenvalue weighted by molar-refractivity contribution is 6.04. The predicted octanol–water partition coefficient (Wildman–Crippen LogP) is 2.90. The molecule has 0 aliphatic carbocycles. The second-order valence-electron chi connectivity index (χ2n) is 5.22. The third-order valence-electron chi connectivity index (χ3n) is 3.33. The highest BCUT2D eigenvalue weighted by atomic mass is 19.1. The number of benzene rings is 1. The molecule has 0 unspecified atom stereocenters. The topological polar surface area (TPSA) is 57.4 Å². The van der Waals surface area contributed by atoms with E-state index in [0.29, 0.717) is 17.8 Å². The van der Waals surface area contributed by atoms with Crippen LogP contribution in [0.15, 0.2) is 59.5 Å². The lowest BCUT2D eigenvalue weighted by Gasteiger charge is -2.05. The van der Waals surface area contributed by atoms with Crippen LogP contribution in [-0.4, -0.2) is 22.6 Å². The summed E-state index contributed by atoms with van der Waals surface area (Å²) in [6.45, 7) is 1.49. The molecule has 1 aromatic carbocycles. The predicted molar refractivity (Wildman–Crippen MR) is 83.1 cm³/mol. The number of hydrogen-bond acceptors (Lipinski definition) is 3. The van der Waals surface area contributed by atoms with Crippen LogP contribution in [0.4, 0.5) is 10.2 Å². The molecule has 0 saturated carbocycles. The molecule has 1 aliphatic rings. The summed E-state index contributed by atoms with van der Waals surface area (Å²) in [7, 11) is 1.75. The molecule has 6 heteroatoms. The number of amides is 1. The summed E-state index contributed by atoms with van der Waals surface area (Å²) in [4.78, 5) is 16.2. The second kappa shape index (κ2) is 6.48. The molecule has 0 spiro atoms. The molecule has 1 N–H and O–H groups in total. The molecule has 0 saturated heterocycles. The maximum absolute atomic E-state index is 13.2. The molecular formula is C17H15FN4O+. The van der Waals surface area contributed by atoms with Crippen LogP contribution in [-0.2, 0) is 11.2 Å². The van der Waals surface area contributed by atoms with Gasteiger partial charge >= 0.3 is 0 Å². The van der Waals surface area contributed by atoms with E-state index in [0.717, 1.165) is 11.1 Å². The molecular weight excluding hydrogens is 295 g/mol. The van der Waals surface area contributed by atoms with Gasteiger partial charge in [0.1, 0.15) is 17.2 Å². The minimum Gasteiger partial charge on any atom is -0.307 e. The van der Waals surface area contributed by atoms with Gasteiger partial charge in [0.25, 0.3) is 5.91 Å². The molecule has 5 nitrogen and oxygen atoms in total. The Balaban J connectivity index is 1.63. The monoisotopic (exact) mass is 310 g/mol. The van der Waals surface area contributed by atoms with Gasteiger partial charge in [-0.3, -0.25) is 4.79 Å². The van der Waals surface area contributed by atoms with E-state index in [2.05, 4.69) is 15.4 Å². The van der Waals surface area contributed by atoms with Gasteiger partial charge in [0, 0.05) is 6.20 Å². The summed E-state index contributed by atoms with van der Waals surface area (Å²) in [6, 6.07) is 10.0. The first kappa shape index (κ1) is 15.0. The lowest BCUT2D eigenvalue weighted by molar-refractivity contribution is -0.489. The maximum atomic E-state index is 13.2. The van der Waals surface area contributed by atoms with Crippen molar-refractivity contribution in [1.82, 2.24) is 4.98 Å². The number of nitrogens with one attached hydrogen (secondary N) is 1. The molecule has 0 atom stereocenters. The quantitative estimate of drug-likeness (QED) is 0.883. The molecule has 2 heterocycles. The summed E-state index contributed by atoms with van der Waals surface area (Å²) in [6.07, 6.45) is 3.89. The van der Waals surface area contributed by atoms with E-state index >= 15 is 0 Å². The number of rotatable bonds is 4. The van der Waals surface area contributed by atoms with Gasteiger partial charge in [-0.15, -0.1) is 0 Å². The number of anilines is 1. The summed E-state index contributed by atoms with van der Waals surface area (Å²) < 4.78 is 14.7. The van der Waals surface area contributed by atoms with Crippen LogP contribution in [0.3, 0.4) is 0 Å². The van der Waals surface area contributed by atoms with Gasteiger partial charge in [-0.05, 0) is 40.9 Å². The number of carbonyl (C=O) groups excluding carboxylic acids is 1. The third-order valence-corrected chi connectivity index (χ3v) is 3.33. The van der Waals surface area contributed by atoms with E-state index in [1.165, 1.54) is 18.7 Å². The van der Waals surface area contributed by atoms with Gasteiger partial charge in [0.05, 0.1) is 0 Å². The molecule has 23 heavy (non-hydrogen) atoms. The number of carbonyl (C=O) groups is 1. The Labute approximate surface area is 133 Å². The van der Waals surface area contributed by atoms with Crippen molar-refractivity contribution in [1.29, 1.82) is 0 Å². The van der Waals surface area contributed by atoms with Crippen molar-refractivity contribution in [3.63, 3.8) is 0 Å². The standard InChI is InChI=1S/C17H14FN4O/c1-22-11-14(10-20-22)17(23)21-16-6-5-13(9-19-16)7-12-3-2-4-15(18)8-12/h2-6,8-11H,7H2,1H3/p+1. The van der Waals surface area contributed by atoms with Gasteiger partial charge in [0.15, 0.2) is 13.6 Å². The molecule has 115 valence electrons. The molecule has 1 radical (unpaired) electrons. The van der Waals surface area contributed by atoms with Crippen molar-refractivity contribution >= 4 is 11.7 Å². The number of pyridine rings is 1. The van der Waals surface area contributed by atoms with Crippen LogP contribution in [0.5, 0.6) is 0 Å². The number of halogens is 1. The Morgan fingerprint density at radius 1 is 1.26 bits per heavy atom. The first-order chi connectivity index (χ1) is 11.1. The Morgan fingerprint density at radius 3 is 2.78 bits per heavy atom. The maximum Gasteiger partial charge on any atom is 0.261 e. The minimum absolute atomic E-state index is 0.254. The summed E-state index contributed by atoms with van der Waals surface area (Å²) in [5.41, 5.74) is 2.28. The van der Waals surface area contributed by atoms with Gasteiger partial charge < -0.3 is 5.32 Å². The largest absolute Gasteiger partial charge is 0.307 e. The van der Waals surface area contributed by atoms with Gasteiger partial charge in [-0.1, -0.05) is 22.9 Å². The zero-order valence-corrected chi connectivity index (χ0v) is 12.5. The van der Waals surface area contributed by atoms with Crippen molar-refractivity contribution in [2.75, 3.05) is 12.4 Å². The normalized spacial score (nSPS) is 13.5. The first-order valence-corrected chi connectivity index (χ1v) is 7.09. The number of nitrogens with zero attached hydrogens (tertiary/aromatic N) is 3. The van der Waals surface area contributed by atoms with E-state index in [4.69, 9.17) is 0 Å². The van der Waals surface area contributed by atoms with E-state index < -0.39 is 0 Å². The van der Waals surface area contributed by atoms with Crippen LogP contribution in [0.1, 0.15) is 11.1 Å². The Bertz CT molecular complexity index is 796. The fraction of sp³-hybridized carbons (Fsp3) is 0.118. The lowest BCUT2D eigenvalue weighted by Crippen LogP contribution is -2.14. The zero-order valence-electron chi connectivity index (χ0n) is 12.5. The smallest absolute Gasteiger partial charge is 0.261 e. The Morgan fingerprint density at radius 2 is 2.13 bits per heavy atom. The molecule has 1 aliphatic heterocycles. The van der Waals surface area contributed by atoms with Crippen LogP contribution >= 0.6 is 0 Å². The van der Waals surface area contributed by atoms with Crippen molar-refractivity contribution in [3.05, 3.63) is 77.9 Å². The third kappa shape index (κ3) is 3.85. The second-order valence-corrected chi connectivity index (χ2v) is 5.22. The van der Waals surface area contributed by atoms with Crippen LogP contribution < -0.4 is 5.32 Å². The van der Waals surface area contributed by atoms with Crippen LogP contribution in [0.2, 0.25) is 0 Å². The molecule has 1 aromatic heterocycles. The van der Waals surface area contributed by atoms with Crippen molar-refractivity contribution < 1.29 is 13.9 Å². The SMILES string of the molecule is C[N+]1=N[CH]C(C(=O)Nc2ccc(Cc3cccc(F)c3)cn2)=C1. The van der Waals surface area contributed by atoms with Crippen LogP contribution in [0, 0.1) is 12.4 Å². The fourth-order valence-corrected chi connectivity index (χ4v) is 2.21. The highest BCUT2D eigenvalue weighted by Gasteiger charge is 2.20. The highest BCUT2D eigenvalue weighted by Crippen LogP contribution is 2.14. The Kier molecular flexibility index (Phi) is 4.23. The molecule has 1 amide bonds. The first-order valence-electron chi connectivity index (χ1n) is 7.09. The van der Waals surface area contributed by atoms with Crippen molar-refractivity contribution in [3.8, 4) is 0 Å². The van der Waals surface area contributed by atoms with Crippen molar-refractivity contribution in [2.24, 2.45) is 5.11 Å². The van der Waals surface area contributed by atoms with E-state index in [9.17, 15) is 9.18 Å². The fourth-order valence-electron chi connectivity index (χ4n) is 2.21. The minimum atomic E-state index is -0.261. The Hall–Kier alpha value is -2.89. The average molecular weight is 310 g/mol. The van der Waals surface area contributed by atoms with E-state index in [1.54, 1.807) is 36.3 Å². The molecule has 3 rings (SSSR count). The van der Waals surface area contributed by atoms with Gasteiger partial charge in [-0.25, -0.2) is 9.37 Å². The molecule has 0 fully saturated rings. The molecule has 0 bridgehead atoms.